The Balaban J connectivity index is 1.99. The third kappa shape index (κ3) is 2.10. The number of allylic oxidation sites excluding steroid dienone is 1. The van der Waals surface area contributed by atoms with E-state index in [2.05, 4.69) is 0 Å². The molecule has 0 radical (unpaired) electrons. The number of aryl methyl sites for hydroxylation is 1. The van der Waals surface area contributed by atoms with E-state index >= 15 is 0 Å². The minimum absolute atomic E-state index is 0.0864. The molecule has 0 saturated carbocycles. The lowest BCUT2D eigenvalue weighted by Gasteiger charge is -1.99. The first-order chi connectivity index (χ1) is 9.13. The van der Waals surface area contributed by atoms with Gasteiger partial charge in [0.1, 0.15) is 11.5 Å². The van der Waals surface area contributed by atoms with Gasteiger partial charge in [0.2, 0.25) is 5.78 Å². The largest absolute Gasteiger partial charge is 0.508 e. The molecular formula is C16H12O3. The maximum atomic E-state index is 12.1. The van der Waals surface area contributed by atoms with Crippen molar-refractivity contribution in [3.05, 3.63) is 64.9 Å². The third-order valence-electron chi connectivity index (χ3n) is 2.99. The first-order valence-electron chi connectivity index (χ1n) is 5.97. The monoisotopic (exact) mass is 252 g/mol. The van der Waals surface area contributed by atoms with Crippen molar-refractivity contribution in [1.82, 2.24) is 0 Å². The number of ketones is 1. The zero-order valence-electron chi connectivity index (χ0n) is 10.4. The zero-order valence-corrected chi connectivity index (χ0v) is 10.4. The number of fused-ring (bicyclic) bond motifs is 1. The topological polar surface area (TPSA) is 46.5 Å². The van der Waals surface area contributed by atoms with Gasteiger partial charge in [-0.2, -0.15) is 0 Å². The second kappa shape index (κ2) is 4.28. The van der Waals surface area contributed by atoms with Crippen molar-refractivity contribution in [2.75, 3.05) is 0 Å². The standard InChI is InChI=1S/C16H12O3/c1-10-3-2-4-11(7-10)8-15-16(18)13-6-5-12(17)9-14(13)19-15/h2-9,17H,1H3/b15-8-. The van der Waals surface area contributed by atoms with E-state index in [9.17, 15) is 9.90 Å². The minimum atomic E-state index is -0.156. The molecule has 3 heteroatoms. The van der Waals surface area contributed by atoms with Crippen LogP contribution in [0.4, 0.5) is 0 Å². The number of aromatic hydroxyl groups is 1. The molecule has 0 fully saturated rings. The van der Waals surface area contributed by atoms with Crippen LogP contribution >= 0.6 is 0 Å². The molecular weight excluding hydrogens is 240 g/mol. The molecule has 0 atom stereocenters. The molecule has 1 aliphatic rings. The van der Waals surface area contributed by atoms with E-state index in [1.165, 1.54) is 12.1 Å². The first kappa shape index (κ1) is 11.5. The fourth-order valence-corrected chi connectivity index (χ4v) is 2.09. The Hall–Kier alpha value is -2.55. The number of carbonyl (C=O) groups excluding carboxylic acids is 1. The zero-order chi connectivity index (χ0) is 13.4. The molecule has 0 spiro atoms. The van der Waals surface area contributed by atoms with Gasteiger partial charge in [-0.15, -0.1) is 0 Å². The van der Waals surface area contributed by atoms with E-state index in [1.807, 2.05) is 31.2 Å². The Morgan fingerprint density at radius 3 is 2.79 bits per heavy atom. The summed E-state index contributed by atoms with van der Waals surface area (Å²) in [6, 6.07) is 12.3. The molecule has 0 bridgehead atoms. The highest BCUT2D eigenvalue weighted by atomic mass is 16.5. The molecule has 0 saturated heterocycles. The van der Waals surface area contributed by atoms with Gasteiger partial charge in [0, 0.05) is 6.07 Å². The van der Waals surface area contributed by atoms with Crippen molar-refractivity contribution in [1.29, 1.82) is 0 Å². The summed E-state index contributed by atoms with van der Waals surface area (Å²) in [5, 5.41) is 9.38. The molecule has 3 nitrogen and oxygen atoms in total. The van der Waals surface area contributed by atoms with Crippen molar-refractivity contribution in [3.63, 3.8) is 0 Å². The number of ether oxygens (including phenoxy) is 1. The van der Waals surface area contributed by atoms with Crippen LogP contribution < -0.4 is 4.74 Å². The summed E-state index contributed by atoms with van der Waals surface area (Å²) in [6.45, 7) is 1.99. The van der Waals surface area contributed by atoms with Gasteiger partial charge in [0.25, 0.3) is 0 Å². The van der Waals surface area contributed by atoms with Crippen LogP contribution in [0.5, 0.6) is 11.5 Å². The van der Waals surface area contributed by atoms with E-state index in [0.717, 1.165) is 11.1 Å². The smallest absolute Gasteiger partial charge is 0.231 e. The van der Waals surface area contributed by atoms with Gasteiger partial charge < -0.3 is 9.84 Å². The van der Waals surface area contributed by atoms with Crippen LogP contribution in [0.2, 0.25) is 0 Å². The SMILES string of the molecule is Cc1cccc(/C=C2\Oc3cc(O)ccc3C2=O)c1. The predicted octanol–water partition coefficient (Wildman–Crippen LogP) is 3.32. The number of phenolic OH excluding ortho intramolecular Hbond substituents is 1. The molecule has 0 aromatic heterocycles. The van der Waals surface area contributed by atoms with Crippen molar-refractivity contribution in [2.24, 2.45) is 0 Å². The van der Waals surface area contributed by atoms with Gasteiger partial charge in [-0.1, -0.05) is 29.8 Å². The van der Waals surface area contributed by atoms with E-state index in [0.29, 0.717) is 11.3 Å². The van der Waals surface area contributed by atoms with Gasteiger partial charge in [-0.25, -0.2) is 0 Å². The van der Waals surface area contributed by atoms with E-state index in [4.69, 9.17) is 4.74 Å². The average molecular weight is 252 g/mol. The fourth-order valence-electron chi connectivity index (χ4n) is 2.09. The maximum Gasteiger partial charge on any atom is 0.231 e. The lowest BCUT2D eigenvalue weighted by Crippen LogP contribution is -1.97. The molecule has 1 heterocycles. The van der Waals surface area contributed by atoms with Crippen LogP contribution in [0.15, 0.2) is 48.2 Å². The molecule has 0 amide bonds. The third-order valence-corrected chi connectivity index (χ3v) is 2.99. The van der Waals surface area contributed by atoms with E-state index in [-0.39, 0.29) is 17.3 Å². The quantitative estimate of drug-likeness (QED) is 0.792. The lowest BCUT2D eigenvalue weighted by molar-refractivity contribution is 0.101. The maximum absolute atomic E-state index is 12.1. The van der Waals surface area contributed by atoms with Crippen LogP contribution in [-0.2, 0) is 0 Å². The first-order valence-corrected chi connectivity index (χ1v) is 5.97. The van der Waals surface area contributed by atoms with Crippen molar-refractivity contribution >= 4 is 11.9 Å². The molecule has 0 aliphatic carbocycles. The number of hydrogen-bond donors (Lipinski definition) is 1. The number of Topliss-reactive ketones (excluding diaryl/α,β-unsaturated/α-hetero) is 1. The minimum Gasteiger partial charge on any atom is -0.508 e. The van der Waals surface area contributed by atoms with E-state index in [1.54, 1.807) is 12.1 Å². The molecule has 3 rings (SSSR count). The summed E-state index contributed by atoms with van der Waals surface area (Å²) >= 11 is 0. The highest BCUT2D eigenvalue weighted by Gasteiger charge is 2.27. The number of carbonyl (C=O) groups is 1. The highest BCUT2D eigenvalue weighted by molar-refractivity contribution is 6.14. The van der Waals surface area contributed by atoms with Crippen molar-refractivity contribution < 1.29 is 14.6 Å². The Labute approximate surface area is 110 Å². The Kier molecular flexibility index (Phi) is 2.60. The summed E-state index contributed by atoms with van der Waals surface area (Å²) in [4.78, 5) is 12.1. The molecule has 1 aliphatic heterocycles. The van der Waals surface area contributed by atoms with Crippen molar-refractivity contribution in [3.8, 4) is 11.5 Å². The van der Waals surface area contributed by atoms with Gasteiger partial charge in [-0.3, -0.25) is 4.79 Å². The van der Waals surface area contributed by atoms with Gasteiger partial charge in [-0.05, 0) is 30.7 Å². The van der Waals surface area contributed by atoms with Gasteiger partial charge in [0.15, 0.2) is 5.76 Å². The Bertz CT molecular complexity index is 699. The van der Waals surface area contributed by atoms with Crippen LogP contribution in [0.25, 0.3) is 6.08 Å². The summed E-state index contributed by atoms with van der Waals surface area (Å²) in [7, 11) is 0. The van der Waals surface area contributed by atoms with Crippen molar-refractivity contribution in [2.45, 2.75) is 6.92 Å². The average Bonchev–Trinajstić information content (AvgIpc) is 2.66. The molecule has 2 aromatic rings. The van der Waals surface area contributed by atoms with Crippen LogP contribution in [0.3, 0.4) is 0 Å². The summed E-state index contributed by atoms with van der Waals surface area (Å²) < 4.78 is 5.50. The van der Waals surface area contributed by atoms with Gasteiger partial charge >= 0.3 is 0 Å². The Morgan fingerprint density at radius 1 is 1.16 bits per heavy atom. The number of hydrogen-bond acceptors (Lipinski definition) is 3. The summed E-state index contributed by atoms with van der Waals surface area (Å²) in [5.41, 5.74) is 2.52. The van der Waals surface area contributed by atoms with Crippen LogP contribution in [0, 0.1) is 6.92 Å². The fraction of sp³-hybridized carbons (Fsp3) is 0.0625. The molecule has 19 heavy (non-hydrogen) atoms. The summed E-state index contributed by atoms with van der Waals surface area (Å²) in [5.74, 6) is 0.620. The Morgan fingerprint density at radius 2 is 2.00 bits per heavy atom. The van der Waals surface area contributed by atoms with Crippen LogP contribution in [0.1, 0.15) is 21.5 Å². The number of phenols is 1. The van der Waals surface area contributed by atoms with Crippen LogP contribution in [-0.4, -0.2) is 10.9 Å². The molecule has 0 unspecified atom stereocenters. The predicted molar refractivity (Wildman–Crippen MR) is 72.2 cm³/mol. The normalized spacial score (nSPS) is 15.4. The van der Waals surface area contributed by atoms with Gasteiger partial charge in [0.05, 0.1) is 5.56 Å². The van der Waals surface area contributed by atoms with E-state index < -0.39 is 0 Å². The highest BCUT2D eigenvalue weighted by Crippen LogP contribution is 2.34. The summed E-state index contributed by atoms with van der Waals surface area (Å²) in [6.07, 6.45) is 1.71. The molecule has 1 N–H and O–H groups in total. The molecule has 2 aromatic carbocycles. The second-order valence-electron chi connectivity index (χ2n) is 4.53. The molecule has 94 valence electrons. The number of rotatable bonds is 1. The lowest BCUT2D eigenvalue weighted by atomic mass is 10.1. The second-order valence-corrected chi connectivity index (χ2v) is 4.53. The number of benzene rings is 2.